The molecular formula is C11H16ClN5O. The molecule has 18 heavy (non-hydrogen) atoms. The Labute approximate surface area is 111 Å². The Morgan fingerprint density at radius 2 is 2.39 bits per heavy atom. The summed E-state index contributed by atoms with van der Waals surface area (Å²) in [4.78, 5) is 18.7. The summed E-state index contributed by atoms with van der Waals surface area (Å²) in [6.45, 7) is 0.639. The highest BCUT2D eigenvalue weighted by Gasteiger charge is 2.02. The van der Waals surface area contributed by atoms with Crippen LogP contribution in [0.4, 0.5) is 4.79 Å². The summed E-state index contributed by atoms with van der Waals surface area (Å²) in [5.41, 5.74) is 5.85. The zero-order valence-electron chi connectivity index (χ0n) is 10.1. The van der Waals surface area contributed by atoms with Crippen LogP contribution in [0, 0.1) is 0 Å². The number of nitrogens with one attached hydrogen (secondary N) is 2. The van der Waals surface area contributed by atoms with Crippen LogP contribution in [0.3, 0.4) is 0 Å². The van der Waals surface area contributed by atoms with Crippen LogP contribution < -0.4 is 16.4 Å². The molecule has 0 bridgehead atoms. The minimum Gasteiger partial charge on any atom is -0.356 e. The number of pyridine rings is 1. The average Bonchev–Trinajstić information content (AvgIpc) is 2.34. The van der Waals surface area contributed by atoms with E-state index in [1.807, 2.05) is 6.07 Å². The minimum absolute atomic E-state index is 0.356. The number of rotatable bonds is 4. The van der Waals surface area contributed by atoms with E-state index in [0.29, 0.717) is 17.5 Å². The summed E-state index contributed by atoms with van der Waals surface area (Å²) in [6.07, 6.45) is 3.28. The molecule has 2 amide bonds. The number of halogens is 1. The number of carbonyl (C=O) groups is 1. The first-order valence-electron chi connectivity index (χ1n) is 5.50. The maximum Gasteiger partial charge on any atom is 0.318 e. The Morgan fingerprint density at radius 3 is 3.00 bits per heavy atom. The number of hydrogen-bond donors (Lipinski definition) is 3. The van der Waals surface area contributed by atoms with Gasteiger partial charge in [0, 0.05) is 19.8 Å². The molecule has 0 saturated heterocycles. The quantitative estimate of drug-likeness (QED) is 0.431. The van der Waals surface area contributed by atoms with Crippen molar-refractivity contribution in [2.75, 3.05) is 13.6 Å². The highest BCUT2D eigenvalue weighted by Crippen LogP contribution is 2.13. The normalized spacial score (nSPS) is 11.1. The Bertz CT molecular complexity index is 435. The van der Waals surface area contributed by atoms with Crippen molar-refractivity contribution in [3.8, 4) is 0 Å². The van der Waals surface area contributed by atoms with Gasteiger partial charge in [0.25, 0.3) is 0 Å². The van der Waals surface area contributed by atoms with E-state index in [1.165, 1.54) is 0 Å². The molecule has 1 rings (SSSR count). The molecule has 1 aromatic rings. The van der Waals surface area contributed by atoms with Crippen molar-refractivity contribution in [1.82, 2.24) is 15.6 Å². The van der Waals surface area contributed by atoms with E-state index in [2.05, 4.69) is 20.6 Å². The molecule has 1 aromatic heterocycles. The van der Waals surface area contributed by atoms with Gasteiger partial charge in [-0.25, -0.2) is 4.79 Å². The van der Waals surface area contributed by atoms with E-state index in [4.69, 9.17) is 17.3 Å². The average molecular weight is 270 g/mol. The maximum absolute atomic E-state index is 10.6. The molecule has 0 radical (unpaired) electrons. The maximum atomic E-state index is 10.6. The van der Waals surface area contributed by atoms with Crippen LogP contribution in [0.15, 0.2) is 23.3 Å². The second kappa shape index (κ2) is 7.50. The second-order valence-electron chi connectivity index (χ2n) is 3.52. The highest BCUT2D eigenvalue weighted by molar-refractivity contribution is 6.31. The summed E-state index contributed by atoms with van der Waals surface area (Å²) in [7, 11) is 1.56. The first kappa shape index (κ1) is 14.2. The fourth-order valence-electron chi connectivity index (χ4n) is 1.36. The second-order valence-corrected chi connectivity index (χ2v) is 3.93. The molecule has 0 aliphatic rings. The third-order valence-corrected chi connectivity index (χ3v) is 2.53. The van der Waals surface area contributed by atoms with Crippen LogP contribution in [0.1, 0.15) is 12.1 Å². The number of primary amides is 1. The third-order valence-electron chi connectivity index (χ3n) is 2.18. The van der Waals surface area contributed by atoms with Gasteiger partial charge >= 0.3 is 6.03 Å². The fourth-order valence-corrected chi connectivity index (χ4v) is 1.58. The molecule has 0 atom stereocenters. The van der Waals surface area contributed by atoms with Gasteiger partial charge in [0.1, 0.15) is 0 Å². The van der Waals surface area contributed by atoms with Crippen molar-refractivity contribution in [2.45, 2.75) is 12.8 Å². The van der Waals surface area contributed by atoms with E-state index in [1.54, 1.807) is 19.3 Å². The molecular weight excluding hydrogens is 254 g/mol. The lowest BCUT2D eigenvalue weighted by Crippen LogP contribution is -2.43. The minimum atomic E-state index is -0.643. The van der Waals surface area contributed by atoms with E-state index >= 15 is 0 Å². The van der Waals surface area contributed by atoms with E-state index < -0.39 is 6.03 Å². The zero-order valence-corrected chi connectivity index (χ0v) is 10.9. The van der Waals surface area contributed by atoms with Crippen molar-refractivity contribution < 1.29 is 4.79 Å². The smallest absolute Gasteiger partial charge is 0.318 e. The largest absolute Gasteiger partial charge is 0.356 e. The number of nitrogens with two attached hydrogens (primary N) is 1. The Kier molecular flexibility index (Phi) is 5.93. The summed E-state index contributed by atoms with van der Waals surface area (Å²) in [5, 5.41) is 6.00. The molecule has 7 heteroatoms. The number of guanidine groups is 1. The van der Waals surface area contributed by atoms with Crippen LogP contribution in [-0.4, -0.2) is 30.6 Å². The number of carbonyl (C=O) groups excluding carboxylic acids is 1. The van der Waals surface area contributed by atoms with Crippen molar-refractivity contribution >= 4 is 23.6 Å². The highest BCUT2D eigenvalue weighted by atomic mass is 35.5. The SMILES string of the molecule is CN=C(NCCCc1ncccc1Cl)NC(N)=O. The molecule has 98 valence electrons. The molecule has 4 N–H and O–H groups in total. The Morgan fingerprint density at radius 1 is 1.61 bits per heavy atom. The molecule has 0 fully saturated rings. The van der Waals surface area contributed by atoms with Gasteiger partial charge in [-0.05, 0) is 25.0 Å². The molecule has 0 aliphatic carbocycles. The number of aryl methyl sites for hydroxylation is 1. The van der Waals surface area contributed by atoms with Crippen LogP contribution in [0.5, 0.6) is 0 Å². The monoisotopic (exact) mass is 269 g/mol. The number of amides is 2. The van der Waals surface area contributed by atoms with Crippen molar-refractivity contribution in [2.24, 2.45) is 10.7 Å². The number of aliphatic imine (C=N–C) groups is 1. The van der Waals surface area contributed by atoms with Gasteiger partial charge in [-0.2, -0.15) is 0 Å². The van der Waals surface area contributed by atoms with Gasteiger partial charge < -0.3 is 11.1 Å². The lowest BCUT2D eigenvalue weighted by atomic mass is 10.2. The number of urea groups is 1. The van der Waals surface area contributed by atoms with Gasteiger partial charge in [0.15, 0.2) is 5.96 Å². The van der Waals surface area contributed by atoms with Gasteiger partial charge in [0.05, 0.1) is 10.7 Å². The van der Waals surface area contributed by atoms with Crippen LogP contribution in [-0.2, 0) is 6.42 Å². The summed E-state index contributed by atoms with van der Waals surface area (Å²) in [5.74, 6) is 0.356. The van der Waals surface area contributed by atoms with Gasteiger partial charge in [0.2, 0.25) is 0 Å². The van der Waals surface area contributed by atoms with Gasteiger partial charge in [-0.15, -0.1) is 0 Å². The Hall–Kier alpha value is -1.82. The zero-order chi connectivity index (χ0) is 13.4. The van der Waals surface area contributed by atoms with E-state index in [-0.39, 0.29) is 0 Å². The van der Waals surface area contributed by atoms with E-state index in [9.17, 15) is 4.79 Å². The predicted molar refractivity (Wildman–Crippen MR) is 71.6 cm³/mol. The standard InChI is InChI=1S/C11H16ClN5O/c1-14-11(17-10(13)18)16-7-3-5-9-8(12)4-2-6-15-9/h2,4,6H,3,5,7H2,1H3,(H4,13,14,16,17,18). The van der Waals surface area contributed by atoms with Crippen LogP contribution in [0.25, 0.3) is 0 Å². The summed E-state index contributed by atoms with van der Waals surface area (Å²) >= 11 is 5.98. The Balaban J connectivity index is 2.30. The predicted octanol–water partition coefficient (Wildman–Crippen LogP) is 0.911. The van der Waals surface area contributed by atoms with Gasteiger partial charge in [-0.1, -0.05) is 11.6 Å². The van der Waals surface area contributed by atoms with Crippen LogP contribution >= 0.6 is 11.6 Å². The number of hydrogen-bond acceptors (Lipinski definition) is 3. The molecule has 0 spiro atoms. The summed E-state index contributed by atoms with van der Waals surface area (Å²) in [6, 6.07) is 2.96. The van der Waals surface area contributed by atoms with Crippen molar-refractivity contribution in [3.63, 3.8) is 0 Å². The number of nitrogens with zero attached hydrogens (tertiary/aromatic N) is 2. The molecule has 1 heterocycles. The molecule has 0 saturated carbocycles. The third kappa shape index (κ3) is 5.01. The lowest BCUT2D eigenvalue weighted by molar-refractivity contribution is 0.253. The summed E-state index contributed by atoms with van der Waals surface area (Å²) < 4.78 is 0. The van der Waals surface area contributed by atoms with Gasteiger partial charge in [-0.3, -0.25) is 15.3 Å². The molecule has 6 nitrogen and oxygen atoms in total. The van der Waals surface area contributed by atoms with Crippen molar-refractivity contribution in [3.05, 3.63) is 29.0 Å². The van der Waals surface area contributed by atoms with E-state index in [0.717, 1.165) is 18.5 Å². The molecule has 0 unspecified atom stereocenters. The topological polar surface area (TPSA) is 92.4 Å². The fraction of sp³-hybridized carbons (Fsp3) is 0.364. The molecule has 0 aliphatic heterocycles. The number of aromatic nitrogens is 1. The first-order chi connectivity index (χ1) is 8.63. The van der Waals surface area contributed by atoms with Crippen LogP contribution in [0.2, 0.25) is 5.02 Å². The lowest BCUT2D eigenvalue weighted by Gasteiger charge is -2.09. The first-order valence-corrected chi connectivity index (χ1v) is 5.87. The molecule has 0 aromatic carbocycles. The van der Waals surface area contributed by atoms with Crippen molar-refractivity contribution in [1.29, 1.82) is 0 Å².